The van der Waals surface area contributed by atoms with Crippen LogP contribution in [0.15, 0.2) is 0 Å². The smallest absolute Gasteiger partial charge is 0.0499 e. The van der Waals surface area contributed by atoms with Crippen molar-refractivity contribution < 1.29 is 5.11 Å². The third-order valence-corrected chi connectivity index (χ3v) is 3.30. The fraction of sp³-hybridized carbons (Fsp3) is 1.00. The van der Waals surface area contributed by atoms with Gasteiger partial charge in [0.05, 0.1) is 0 Å². The van der Waals surface area contributed by atoms with E-state index in [0.717, 1.165) is 12.5 Å². The van der Waals surface area contributed by atoms with Gasteiger partial charge in [-0.2, -0.15) is 0 Å². The predicted octanol–water partition coefficient (Wildman–Crippen LogP) is 2.17. The van der Waals surface area contributed by atoms with Crippen LogP contribution in [0.3, 0.4) is 0 Å². The number of nitrogens with one attached hydrogen (secondary N) is 1. The highest BCUT2D eigenvalue weighted by molar-refractivity contribution is 4.94. The molecule has 1 aliphatic rings. The molecule has 0 aromatic rings. The molecule has 0 amide bonds. The number of hydrogen-bond acceptors (Lipinski definition) is 2. The van der Waals surface area contributed by atoms with Crippen molar-refractivity contribution in [2.75, 3.05) is 13.2 Å². The fourth-order valence-electron chi connectivity index (χ4n) is 1.64. The maximum Gasteiger partial charge on any atom is 0.0499 e. The lowest BCUT2D eigenvalue weighted by Gasteiger charge is -2.19. The molecule has 2 N–H and O–H groups in total. The summed E-state index contributed by atoms with van der Waals surface area (Å²) in [6, 6.07) is 0.599. The molecular formula is C12H25NO. The summed E-state index contributed by atoms with van der Waals surface area (Å²) < 4.78 is 0. The first-order valence-electron chi connectivity index (χ1n) is 5.92. The minimum atomic E-state index is 0.256. The summed E-state index contributed by atoms with van der Waals surface area (Å²) in [6.45, 7) is 8.14. The highest BCUT2D eigenvalue weighted by Crippen LogP contribution is 2.44. The largest absolute Gasteiger partial charge is 0.396 e. The lowest BCUT2D eigenvalue weighted by molar-refractivity contribution is 0.203. The Kier molecular flexibility index (Phi) is 4.39. The van der Waals surface area contributed by atoms with Gasteiger partial charge in [0.15, 0.2) is 0 Å². The lowest BCUT2D eigenvalue weighted by atomic mass is 10.0. The van der Waals surface area contributed by atoms with Crippen molar-refractivity contribution in [3.63, 3.8) is 0 Å². The first-order valence-corrected chi connectivity index (χ1v) is 5.92. The zero-order chi connectivity index (χ0) is 10.6. The standard InChI is InChI=1S/C12H25NO/c1-10(2)4-5-11(3)13-8-12(9-14)6-7-12/h10-11,13-14H,4-9H2,1-3H3. The molecule has 0 bridgehead atoms. The minimum absolute atomic E-state index is 0.256. The minimum Gasteiger partial charge on any atom is -0.396 e. The van der Waals surface area contributed by atoms with Crippen LogP contribution in [0.5, 0.6) is 0 Å². The van der Waals surface area contributed by atoms with Gasteiger partial charge in [-0.3, -0.25) is 0 Å². The van der Waals surface area contributed by atoms with Crippen LogP contribution >= 0.6 is 0 Å². The molecule has 84 valence electrons. The van der Waals surface area contributed by atoms with E-state index in [1.165, 1.54) is 25.7 Å². The molecule has 0 radical (unpaired) electrons. The van der Waals surface area contributed by atoms with E-state index in [2.05, 4.69) is 26.1 Å². The van der Waals surface area contributed by atoms with Crippen LogP contribution < -0.4 is 5.32 Å². The third-order valence-electron chi connectivity index (χ3n) is 3.30. The Hall–Kier alpha value is -0.0800. The van der Waals surface area contributed by atoms with Gasteiger partial charge in [0, 0.05) is 24.6 Å². The molecule has 1 rings (SSSR count). The Balaban J connectivity index is 2.06. The molecule has 1 saturated carbocycles. The lowest BCUT2D eigenvalue weighted by Crippen LogP contribution is -2.33. The van der Waals surface area contributed by atoms with Crippen LogP contribution in [-0.4, -0.2) is 24.3 Å². The van der Waals surface area contributed by atoms with Gasteiger partial charge < -0.3 is 10.4 Å². The van der Waals surface area contributed by atoms with E-state index in [-0.39, 0.29) is 5.41 Å². The fourth-order valence-corrected chi connectivity index (χ4v) is 1.64. The van der Waals surface area contributed by atoms with Gasteiger partial charge in [-0.15, -0.1) is 0 Å². The number of hydrogen-bond donors (Lipinski definition) is 2. The molecular weight excluding hydrogens is 174 g/mol. The van der Waals surface area contributed by atoms with E-state index in [1.54, 1.807) is 0 Å². The molecule has 0 saturated heterocycles. The quantitative estimate of drug-likeness (QED) is 0.658. The van der Waals surface area contributed by atoms with Crippen molar-refractivity contribution in [2.24, 2.45) is 11.3 Å². The molecule has 2 nitrogen and oxygen atoms in total. The van der Waals surface area contributed by atoms with Crippen molar-refractivity contribution in [1.82, 2.24) is 5.32 Å². The zero-order valence-corrected chi connectivity index (χ0v) is 9.84. The van der Waals surface area contributed by atoms with Crippen molar-refractivity contribution in [2.45, 2.75) is 52.5 Å². The molecule has 1 atom stereocenters. The maximum absolute atomic E-state index is 9.15. The molecule has 0 aromatic heterocycles. The Bertz CT molecular complexity index is 164. The predicted molar refractivity (Wildman–Crippen MR) is 60.3 cm³/mol. The second-order valence-electron chi connectivity index (χ2n) is 5.41. The van der Waals surface area contributed by atoms with E-state index >= 15 is 0 Å². The molecule has 1 aliphatic carbocycles. The first-order chi connectivity index (χ1) is 6.58. The highest BCUT2D eigenvalue weighted by Gasteiger charge is 2.41. The second kappa shape index (κ2) is 5.13. The van der Waals surface area contributed by atoms with Crippen LogP contribution in [0, 0.1) is 11.3 Å². The summed E-state index contributed by atoms with van der Waals surface area (Å²) in [5.41, 5.74) is 0.256. The number of aliphatic hydroxyl groups excluding tert-OH is 1. The molecule has 2 heteroatoms. The van der Waals surface area contributed by atoms with E-state index in [4.69, 9.17) is 5.11 Å². The van der Waals surface area contributed by atoms with Gasteiger partial charge in [-0.25, -0.2) is 0 Å². The normalized spacial score (nSPS) is 21.2. The van der Waals surface area contributed by atoms with Crippen LogP contribution in [0.4, 0.5) is 0 Å². The summed E-state index contributed by atoms with van der Waals surface area (Å²) in [5, 5.41) is 12.7. The third kappa shape index (κ3) is 3.97. The Labute approximate surface area is 88.1 Å². The molecule has 0 heterocycles. The highest BCUT2D eigenvalue weighted by atomic mass is 16.3. The van der Waals surface area contributed by atoms with E-state index in [9.17, 15) is 0 Å². The summed E-state index contributed by atoms with van der Waals surface area (Å²) in [4.78, 5) is 0. The van der Waals surface area contributed by atoms with Crippen molar-refractivity contribution in [1.29, 1.82) is 0 Å². The van der Waals surface area contributed by atoms with E-state index < -0.39 is 0 Å². The van der Waals surface area contributed by atoms with Gasteiger partial charge in [-0.1, -0.05) is 13.8 Å². The monoisotopic (exact) mass is 199 g/mol. The second-order valence-corrected chi connectivity index (χ2v) is 5.41. The average molecular weight is 199 g/mol. The maximum atomic E-state index is 9.15. The molecule has 1 unspecified atom stereocenters. The van der Waals surface area contributed by atoms with Crippen LogP contribution in [0.2, 0.25) is 0 Å². The van der Waals surface area contributed by atoms with E-state index in [0.29, 0.717) is 12.6 Å². The van der Waals surface area contributed by atoms with Crippen LogP contribution in [0.1, 0.15) is 46.5 Å². The topological polar surface area (TPSA) is 32.3 Å². The summed E-state index contributed by atoms with van der Waals surface area (Å²) in [5.74, 6) is 0.798. The molecule has 0 aromatic carbocycles. The van der Waals surface area contributed by atoms with Crippen molar-refractivity contribution in [3.05, 3.63) is 0 Å². The van der Waals surface area contributed by atoms with Crippen LogP contribution in [0.25, 0.3) is 0 Å². The number of aliphatic hydroxyl groups is 1. The SMILES string of the molecule is CC(C)CCC(C)NCC1(CO)CC1. The number of rotatable bonds is 7. The van der Waals surface area contributed by atoms with Crippen LogP contribution in [-0.2, 0) is 0 Å². The average Bonchev–Trinajstić information content (AvgIpc) is 2.92. The molecule has 0 spiro atoms. The van der Waals surface area contributed by atoms with Crippen molar-refractivity contribution >= 4 is 0 Å². The summed E-state index contributed by atoms with van der Waals surface area (Å²) in [6.07, 6.45) is 4.94. The van der Waals surface area contributed by atoms with Gasteiger partial charge in [0.1, 0.15) is 0 Å². The van der Waals surface area contributed by atoms with E-state index in [1.807, 2.05) is 0 Å². The van der Waals surface area contributed by atoms with Gasteiger partial charge in [0.25, 0.3) is 0 Å². The Morgan fingerprint density at radius 2 is 1.86 bits per heavy atom. The molecule has 14 heavy (non-hydrogen) atoms. The first kappa shape index (κ1) is 12.0. The van der Waals surface area contributed by atoms with Gasteiger partial charge in [0.2, 0.25) is 0 Å². The Morgan fingerprint density at radius 1 is 1.21 bits per heavy atom. The van der Waals surface area contributed by atoms with Crippen molar-refractivity contribution in [3.8, 4) is 0 Å². The molecule has 0 aliphatic heterocycles. The zero-order valence-electron chi connectivity index (χ0n) is 9.84. The Morgan fingerprint density at radius 3 is 2.29 bits per heavy atom. The summed E-state index contributed by atoms with van der Waals surface area (Å²) in [7, 11) is 0. The summed E-state index contributed by atoms with van der Waals surface area (Å²) >= 11 is 0. The van der Waals surface area contributed by atoms with Gasteiger partial charge >= 0.3 is 0 Å². The molecule has 1 fully saturated rings. The van der Waals surface area contributed by atoms with Gasteiger partial charge in [-0.05, 0) is 38.5 Å².